The van der Waals surface area contributed by atoms with E-state index >= 15 is 0 Å². The molecule has 0 amide bonds. The van der Waals surface area contributed by atoms with Gasteiger partial charge in [0.05, 0.1) is 17.5 Å². The van der Waals surface area contributed by atoms with Crippen molar-refractivity contribution in [1.29, 1.82) is 0 Å². The fourth-order valence-electron chi connectivity index (χ4n) is 0.917. The Hall–Kier alpha value is -1.07. The van der Waals surface area contributed by atoms with Crippen LogP contribution >= 0.6 is 11.6 Å². The molecule has 1 unspecified atom stereocenters. The summed E-state index contributed by atoms with van der Waals surface area (Å²) in [4.78, 5) is 11.1. The molecule has 1 heterocycles. The first-order valence-electron chi connectivity index (χ1n) is 4.65. The van der Waals surface area contributed by atoms with Crippen LogP contribution in [0.4, 0.5) is 5.69 Å². The van der Waals surface area contributed by atoms with Gasteiger partial charge in [-0.25, -0.2) is 5.10 Å². The van der Waals surface area contributed by atoms with E-state index in [1.807, 2.05) is 6.92 Å². The van der Waals surface area contributed by atoms with Gasteiger partial charge in [-0.2, -0.15) is 5.10 Å². The average Bonchev–Trinajstić information content (AvgIpc) is 2.20. The lowest BCUT2D eigenvalue weighted by Gasteiger charge is -2.22. The van der Waals surface area contributed by atoms with E-state index in [-0.39, 0.29) is 5.02 Å². The van der Waals surface area contributed by atoms with Crippen molar-refractivity contribution in [1.82, 2.24) is 10.2 Å². The van der Waals surface area contributed by atoms with E-state index in [0.29, 0.717) is 18.7 Å². The van der Waals surface area contributed by atoms with E-state index in [1.54, 1.807) is 6.92 Å². The van der Waals surface area contributed by atoms with Crippen LogP contribution < -0.4 is 10.9 Å². The molecule has 0 aromatic carbocycles. The lowest BCUT2D eigenvalue weighted by atomic mass is 10.0. The topological polar surface area (TPSA) is 78.0 Å². The van der Waals surface area contributed by atoms with Crippen LogP contribution in [0.5, 0.6) is 0 Å². The highest BCUT2D eigenvalue weighted by Gasteiger charge is 2.17. The van der Waals surface area contributed by atoms with E-state index in [9.17, 15) is 9.90 Å². The molecule has 0 aliphatic carbocycles. The summed E-state index contributed by atoms with van der Waals surface area (Å²) in [6, 6.07) is 0. The minimum atomic E-state index is -0.827. The largest absolute Gasteiger partial charge is 0.388 e. The molecule has 84 valence electrons. The second-order valence-electron chi connectivity index (χ2n) is 3.63. The van der Waals surface area contributed by atoms with E-state index < -0.39 is 11.2 Å². The Bertz CT molecular complexity index is 389. The van der Waals surface area contributed by atoms with Gasteiger partial charge in [0.1, 0.15) is 5.02 Å². The van der Waals surface area contributed by atoms with Gasteiger partial charge in [0, 0.05) is 6.54 Å². The number of aliphatic hydroxyl groups is 1. The highest BCUT2D eigenvalue weighted by Crippen LogP contribution is 2.16. The lowest BCUT2D eigenvalue weighted by molar-refractivity contribution is 0.0697. The van der Waals surface area contributed by atoms with Crippen molar-refractivity contribution in [3.8, 4) is 0 Å². The van der Waals surface area contributed by atoms with Crippen LogP contribution in [0.1, 0.15) is 20.3 Å². The Morgan fingerprint density at radius 1 is 1.73 bits per heavy atom. The highest BCUT2D eigenvalue weighted by molar-refractivity contribution is 6.32. The maximum Gasteiger partial charge on any atom is 0.285 e. The Labute approximate surface area is 92.5 Å². The molecule has 0 fully saturated rings. The number of H-pyrrole nitrogens is 1. The maximum atomic E-state index is 11.1. The zero-order valence-electron chi connectivity index (χ0n) is 8.67. The van der Waals surface area contributed by atoms with Crippen molar-refractivity contribution in [3.63, 3.8) is 0 Å². The van der Waals surface area contributed by atoms with Crippen LogP contribution in [0.25, 0.3) is 0 Å². The summed E-state index contributed by atoms with van der Waals surface area (Å²) in [6.07, 6.45) is 2.02. The normalized spacial score (nSPS) is 14.7. The number of nitrogens with one attached hydrogen (secondary N) is 2. The van der Waals surface area contributed by atoms with Gasteiger partial charge in [-0.15, -0.1) is 0 Å². The fourth-order valence-corrected chi connectivity index (χ4v) is 1.08. The molecular formula is C9H14ClN3O2. The summed E-state index contributed by atoms with van der Waals surface area (Å²) in [5, 5.41) is 18.5. The Morgan fingerprint density at radius 2 is 2.40 bits per heavy atom. The predicted octanol–water partition coefficient (Wildman–Crippen LogP) is 0.996. The van der Waals surface area contributed by atoms with Crippen LogP contribution in [-0.4, -0.2) is 27.4 Å². The first kappa shape index (κ1) is 12.0. The van der Waals surface area contributed by atoms with Crippen molar-refractivity contribution in [2.24, 2.45) is 0 Å². The van der Waals surface area contributed by atoms with Crippen molar-refractivity contribution in [2.45, 2.75) is 25.9 Å². The third kappa shape index (κ3) is 3.21. The molecule has 0 radical (unpaired) electrons. The molecule has 0 bridgehead atoms. The molecule has 0 saturated heterocycles. The van der Waals surface area contributed by atoms with Crippen LogP contribution in [-0.2, 0) is 0 Å². The zero-order valence-corrected chi connectivity index (χ0v) is 9.43. The minimum absolute atomic E-state index is 0.0527. The Kier molecular flexibility index (Phi) is 3.71. The van der Waals surface area contributed by atoms with E-state index in [1.165, 1.54) is 6.20 Å². The third-order valence-electron chi connectivity index (χ3n) is 2.22. The van der Waals surface area contributed by atoms with E-state index in [0.717, 1.165) is 0 Å². The number of rotatable bonds is 4. The first-order chi connectivity index (χ1) is 6.96. The number of halogens is 1. The summed E-state index contributed by atoms with van der Waals surface area (Å²) in [5.74, 6) is 0. The molecule has 6 heteroatoms. The van der Waals surface area contributed by atoms with Gasteiger partial charge in [-0.3, -0.25) is 4.79 Å². The van der Waals surface area contributed by atoms with Crippen LogP contribution in [0, 0.1) is 0 Å². The van der Waals surface area contributed by atoms with Gasteiger partial charge >= 0.3 is 0 Å². The molecule has 1 aromatic heterocycles. The molecule has 1 atom stereocenters. The molecular weight excluding hydrogens is 218 g/mol. The summed E-state index contributed by atoms with van der Waals surface area (Å²) in [7, 11) is 0. The Morgan fingerprint density at radius 3 is 3.00 bits per heavy atom. The van der Waals surface area contributed by atoms with Gasteiger partial charge in [-0.1, -0.05) is 18.5 Å². The van der Waals surface area contributed by atoms with Gasteiger partial charge in [-0.05, 0) is 13.3 Å². The molecule has 0 saturated carbocycles. The summed E-state index contributed by atoms with van der Waals surface area (Å²) >= 11 is 5.74. The lowest BCUT2D eigenvalue weighted by Crippen LogP contribution is -2.32. The molecule has 0 aliphatic heterocycles. The number of aromatic nitrogens is 2. The molecule has 5 nitrogen and oxygen atoms in total. The predicted molar refractivity (Wildman–Crippen MR) is 59.3 cm³/mol. The highest BCUT2D eigenvalue weighted by atomic mass is 35.5. The molecule has 3 N–H and O–H groups in total. The van der Waals surface area contributed by atoms with E-state index in [2.05, 4.69) is 15.5 Å². The van der Waals surface area contributed by atoms with Gasteiger partial charge < -0.3 is 10.4 Å². The zero-order chi connectivity index (χ0) is 11.5. The van der Waals surface area contributed by atoms with Crippen molar-refractivity contribution in [3.05, 3.63) is 21.6 Å². The number of aromatic amines is 1. The SMILES string of the molecule is CCC(C)(O)CNc1cn[nH]c(=O)c1Cl. The summed E-state index contributed by atoms with van der Waals surface area (Å²) in [5.41, 5.74) is -0.849. The molecule has 1 aromatic rings. The summed E-state index contributed by atoms with van der Waals surface area (Å²) in [6.45, 7) is 3.89. The number of nitrogens with zero attached hydrogens (tertiary/aromatic N) is 1. The quantitative estimate of drug-likeness (QED) is 0.722. The van der Waals surface area contributed by atoms with Crippen LogP contribution in [0.15, 0.2) is 11.0 Å². The molecule has 0 aliphatic rings. The summed E-state index contributed by atoms with van der Waals surface area (Å²) < 4.78 is 0. The van der Waals surface area contributed by atoms with Gasteiger partial charge in [0.15, 0.2) is 0 Å². The second-order valence-corrected chi connectivity index (χ2v) is 4.01. The Balaban J connectivity index is 2.74. The smallest absolute Gasteiger partial charge is 0.285 e. The van der Waals surface area contributed by atoms with Crippen molar-refractivity contribution >= 4 is 17.3 Å². The molecule has 15 heavy (non-hydrogen) atoms. The monoisotopic (exact) mass is 231 g/mol. The van der Waals surface area contributed by atoms with Crippen LogP contribution in [0.3, 0.4) is 0 Å². The van der Waals surface area contributed by atoms with Crippen molar-refractivity contribution in [2.75, 3.05) is 11.9 Å². The van der Waals surface area contributed by atoms with E-state index in [4.69, 9.17) is 11.6 Å². The third-order valence-corrected chi connectivity index (χ3v) is 2.59. The standard InChI is InChI=1S/C9H14ClN3O2/c1-3-9(2,15)5-11-6-4-12-13-8(14)7(6)10/h4,15H,3,5H2,1-2H3,(H2,11,13,14). The number of anilines is 1. The molecule has 1 rings (SSSR count). The minimum Gasteiger partial charge on any atom is -0.388 e. The van der Waals surface area contributed by atoms with Crippen LogP contribution in [0.2, 0.25) is 5.02 Å². The maximum absolute atomic E-state index is 11.1. The number of hydrogen-bond donors (Lipinski definition) is 3. The van der Waals surface area contributed by atoms with Gasteiger partial charge in [0.25, 0.3) is 5.56 Å². The fraction of sp³-hybridized carbons (Fsp3) is 0.556. The second kappa shape index (κ2) is 4.63. The average molecular weight is 232 g/mol. The number of hydrogen-bond acceptors (Lipinski definition) is 4. The van der Waals surface area contributed by atoms with Gasteiger partial charge in [0.2, 0.25) is 0 Å². The molecule has 0 spiro atoms. The first-order valence-corrected chi connectivity index (χ1v) is 5.03. The van der Waals surface area contributed by atoms with Crippen molar-refractivity contribution < 1.29 is 5.11 Å².